The number of hydrogen-bond donors (Lipinski definition) is 1. The predicted molar refractivity (Wildman–Crippen MR) is 109 cm³/mol. The van der Waals surface area contributed by atoms with Crippen LogP contribution < -0.4 is 14.8 Å². The zero-order chi connectivity index (χ0) is 21.4. The fourth-order valence-corrected chi connectivity index (χ4v) is 3.37. The summed E-state index contributed by atoms with van der Waals surface area (Å²) in [5.74, 6) is 0.378. The third kappa shape index (κ3) is 6.50. The minimum absolute atomic E-state index is 0.0504. The van der Waals surface area contributed by atoms with Gasteiger partial charge in [-0.25, -0.2) is 4.98 Å². The summed E-state index contributed by atoms with van der Waals surface area (Å²) in [6.45, 7) is 2.19. The number of rotatable bonds is 9. The highest BCUT2D eigenvalue weighted by Crippen LogP contribution is 2.35. The van der Waals surface area contributed by atoms with Crippen molar-refractivity contribution in [1.82, 2.24) is 9.97 Å². The number of anilines is 2. The van der Waals surface area contributed by atoms with E-state index in [1.165, 1.54) is 19.3 Å². The van der Waals surface area contributed by atoms with Gasteiger partial charge < -0.3 is 14.8 Å². The summed E-state index contributed by atoms with van der Waals surface area (Å²) in [5, 5.41) is 2.93. The second-order valence-corrected chi connectivity index (χ2v) is 7.49. The normalized spacial score (nSPS) is 15.1. The maximum absolute atomic E-state index is 13.2. The van der Waals surface area contributed by atoms with Crippen LogP contribution in [0.3, 0.4) is 0 Å². The number of aromatic nitrogens is 2. The Balaban J connectivity index is 1.66. The van der Waals surface area contributed by atoms with Gasteiger partial charge in [-0.05, 0) is 56.4 Å². The van der Waals surface area contributed by atoms with Crippen molar-refractivity contribution >= 4 is 11.6 Å². The minimum atomic E-state index is -4.57. The van der Waals surface area contributed by atoms with E-state index in [9.17, 15) is 13.2 Å². The van der Waals surface area contributed by atoms with Crippen molar-refractivity contribution in [2.75, 3.05) is 11.9 Å². The Morgan fingerprint density at radius 3 is 2.47 bits per heavy atom. The largest absolute Gasteiger partial charge is 0.490 e. The molecule has 5 nitrogen and oxygen atoms in total. The molecule has 0 unspecified atom stereocenters. The van der Waals surface area contributed by atoms with Gasteiger partial charge in [0, 0.05) is 11.9 Å². The van der Waals surface area contributed by atoms with Gasteiger partial charge in [-0.3, -0.25) is 0 Å². The number of benzene rings is 1. The molecule has 0 spiro atoms. The van der Waals surface area contributed by atoms with Crippen LogP contribution >= 0.6 is 0 Å². The third-order valence-electron chi connectivity index (χ3n) is 5.01. The molecule has 30 heavy (non-hydrogen) atoms. The molecule has 1 N–H and O–H groups in total. The Bertz CT molecular complexity index is 791. The van der Waals surface area contributed by atoms with E-state index in [1.807, 2.05) is 19.1 Å². The Morgan fingerprint density at radius 1 is 1.07 bits per heavy atom. The predicted octanol–water partition coefficient (Wildman–Crippen LogP) is 6.52. The topological polar surface area (TPSA) is 56.3 Å². The average Bonchev–Trinajstić information content (AvgIpc) is 2.73. The van der Waals surface area contributed by atoms with Crippen LogP contribution in [0.15, 0.2) is 30.5 Å². The fraction of sp³-hybridized carbons (Fsp3) is 0.545. The molecule has 0 amide bonds. The second kappa shape index (κ2) is 10.5. The number of nitrogens with zero attached hydrogens (tertiary/aromatic N) is 2. The van der Waals surface area contributed by atoms with E-state index in [-0.39, 0.29) is 18.7 Å². The number of hydrogen-bond acceptors (Lipinski definition) is 5. The van der Waals surface area contributed by atoms with Crippen molar-refractivity contribution in [3.63, 3.8) is 0 Å². The van der Waals surface area contributed by atoms with Crippen LogP contribution in [-0.2, 0) is 6.18 Å². The molecule has 1 aliphatic rings. The molecule has 1 saturated carbocycles. The molecule has 1 aromatic carbocycles. The van der Waals surface area contributed by atoms with Gasteiger partial charge >= 0.3 is 6.18 Å². The lowest BCUT2D eigenvalue weighted by molar-refractivity contribution is -0.139. The molecular formula is C22H28F3N3O2. The van der Waals surface area contributed by atoms with Crippen LogP contribution in [0.25, 0.3) is 0 Å². The lowest BCUT2D eigenvalue weighted by Gasteiger charge is -2.23. The first-order valence-corrected chi connectivity index (χ1v) is 10.6. The van der Waals surface area contributed by atoms with E-state index in [1.54, 1.807) is 12.1 Å². The van der Waals surface area contributed by atoms with Gasteiger partial charge in [-0.2, -0.15) is 18.2 Å². The molecule has 0 saturated heterocycles. The van der Waals surface area contributed by atoms with Crippen molar-refractivity contribution in [3.8, 4) is 11.6 Å². The van der Waals surface area contributed by atoms with E-state index in [2.05, 4.69) is 15.3 Å². The zero-order valence-electron chi connectivity index (χ0n) is 17.2. The van der Waals surface area contributed by atoms with Crippen molar-refractivity contribution in [3.05, 3.63) is 36.0 Å². The van der Waals surface area contributed by atoms with Gasteiger partial charge in [0.05, 0.1) is 12.7 Å². The Kier molecular flexibility index (Phi) is 7.76. The molecule has 2 aromatic rings. The molecule has 0 atom stereocenters. The van der Waals surface area contributed by atoms with Crippen LogP contribution in [0.4, 0.5) is 24.8 Å². The summed E-state index contributed by atoms with van der Waals surface area (Å²) in [7, 11) is 0. The molecule has 0 bridgehead atoms. The molecule has 1 heterocycles. The summed E-state index contributed by atoms with van der Waals surface area (Å²) in [5.41, 5.74) is -0.316. The summed E-state index contributed by atoms with van der Waals surface area (Å²) < 4.78 is 51.0. The number of unbranched alkanes of at least 4 members (excludes halogenated alkanes) is 2. The third-order valence-corrected chi connectivity index (χ3v) is 5.01. The zero-order valence-corrected chi connectivity index (χ0v) is 17.2. The Morgan fingerprint density at radius 2 is 1.80 bits per heavy atom. The van der Waals surface area contributed by atoms with Crippen LogP contribution in [0.2, 0.25) is 0 Å². The smallest absolute Gasteiger partial charge is 0.423 e. The number of halogens is 3. The van der Waals surface area contributed by atoms with Gasteiger partial charge in [-0.1, -0.05) is 26.2 Å². The van der Waals surface area contributed by atoms with Gasteiger partial charge in [0.25, 0.3) is 0 Å². The van der Waals surface area contributed by atoms with Crippen LogP contribution in [0.1, 0.15) is 63.9 Å². The molecule has 0 aliphatic heterocycles. The molecule has 0 radical (unpaired) electrons. The summed E-state index contributed by atoms with van der Waals surface area (Å²) >= 11 is 0. The quantitative estimate of drug-likeness (QED) is 0.465. The first-order valence-electron chi connectivity index (χ1n) is 10.6. The molecular weight excluding hydrogens is 395 g/mol. The van der Waals surface area contributed by atoms with E-state index in [0.717, 1.165) is 37.6 Å². The highest BCUT2D eigenvalue weighted by Gasteiger charge is 2.36. The van der Waals surface area contributed by atoms with Gasteiger partial charge in [-0.15, -0.1) is 0 Å². The lowest BCUT2D eigenvalue weighted by atomic mass is 9.98. The highest BCUT2D eigenvalue weighted by molar-refractivity contribution is 5.55. The molecule has 1 aromatic heterocycles. The maximum atomic E-state index is 13.2. The molecule has 1 aliphatic carbocycles. The van der Waals surface area contributed by atoms with E-state index < -0.39 is 17.6 Å². The SMILES string of the molecule is CCCCCOc1nc(Nc2ccc(OC3CCCCC3)cc2)ncc1C(F)(F)F. The first kappa shape index (κ1) is 22.2. The maximum Gasteiger partial charge on any atom is 0.423 e. The van der Waals surface area contributed by atoms with Gasteiger partial charge in [0.1, 0.15) is 11.3 Å². The minimum Gasteiger partial charge on any atom is -0.490 e. The molecule has 164 valence electrons. The number of alkyl halides is 3. The van der Waals surface area contributed by atoms with Crippen LogP contribution in [0.5, 0.6) is 11.6 Å². The van der Waals surface area contributed by atoms with Gasteiger partial charge in [0.15, 0.2) is 0 Å². The monoisotopic (exact) mass is 423 g/mol. The number of nitrogens with one attached hydrogen (secondary N) is 1. The highest BCUT2D eigenvalue weighted by atomic mass is 19.4. The first-order chi connectivity index (χ1) is 14.5. The Hall–Kier alpha value is -2.51. The van der Waals surface area contributed by atoms with E-state index in [4.69, 9.17) is 9.47 Å². The van der Waals surface area contributed by atoms with Gasteiger partial charge in [0.2, 0.25) is 11.8 Å². The Labute approximate surface area is 175 Å². The summed E-state index contributed by atoms with van der Waals surface area (Å²) in [6.07, 6.45) is 4.73. The summed E-state index contributed by atoms with van der Waals surface area (Å²) in [4.78, 5) is 7.76. The van der Waals surface area contributed by atoms with Crippen LogP contribution in [0, 0.1) is 0 Å². The van der Waals surface area contributed by atoms with Crippen LogP contribution in [-0.4, -0.2) is 22.7 Å². The fourth-order valence-electron chi connectivity index (χ4n) is 3.37. The standard InChI is InChI=1S/C22H28F3N3O2/c1-2-3-7-14-29-20-19(22(23,24)25)15-26-21(28-20)27-16-10-12-18(13-11-16)30-17-8-5-4-6-9-17/h10-13,15,17H,2-9,14H2,1H3,(H,26,27,28). The van der Waals surface area contributed by atoms with Crippen molar-refractivity contribution in [2.24, 2.45) is 0 Å². The second-order valence-electron chi connectivity index (χ2n) is 7.49. The molecule has 8 heteroatoms. The average molecular weight is 423 g/mol. The molecule has 3 rings (SSSR count). The van der Waals surface area contributed by atoms with E-state index >= 15 is 0 Å². The van der Waals surface area contributed by atoms with Crippen molar-refractivity contribution in [1.29, 1.82) is 0 Å². The lowest BCUT2D eigenvalue weighted by Crippen LogP contribution is -2.19. The van der Waals surface area contributed by atoms with E-state index in [0.29, 0.717) is 12.1 Å². The molecule has 1 fully saturated rings. The van der Waals surface area contributed by atoms with Crippen molar-refractivity contribution in [2.45, 2.75) is 70.6 Å². The summed E-state index contributed by atoms with van der Waals surface area (Å²) in [6, 6.07) is 7.26. The van der Waals surface area contributed by atoms with Crippen molar-refractivity contribution < 1.29 is 22.6 Å². The number of ether oxygens (including phenoxy) is 2.